The van der Waals surface area contributed by atoms with Crippen LogP contribution in [0.5, 0.6) is 0 Å². The number of aromatic nitrogens is 2. The first kappa shape index (κ1) is 13.7. The summed E-state index contributed by atoms with van der Waals surface area (Å²) in [6.45, 7) is 0. The maximum absolute atomic E-state index is 12.1. The molecule has 19 heavy (non-hydrogen) atoms. The Labute approximate surface area is 120 Å². The van der Waals surface area contributed by atoms with Crippen LogP contribution in [0, 0.1) is 0 Å². The largest absolute Gasteiger partial charge is 0.300 e. The normalized spacial score (nSPS) is 10.2. The lowest BCUT2D eigenvalue weighted by Gasteiger charge is -2.16. The Hall–Kier alpha value is -1.75. The van der Waals surface area contributed by atoms with Crippen molar-refractivity contribution in [1.82, 2.24) is 9.97 Å². The van der Waals surface area contributed by atoms with Gasteiger partial charge in [-0.3, -0.25) is 14.7 Å². The summed E-state index contributed by atoms with van der Waals surface area (Å²) in [5.74, 6) is 0.693. The van der Waals surface area contributed by atoms with Crippen LogP contribution in [0.25, 0.3) is 0 Å². The molecule has 0 bridgehead atoms. The van der Waals surface area contributed by atoms with Crippen LogP contribution in [0.1, 0.15) is 12.0 Å². The third-order valence-electron chi connectivity index (χ3n) is 2.78. The van der Waals surface area contributed by atoms with E-state index in [4.69, 9.17) is 0 Å². The number of rotatable bonds is 4. The maximum atomic E-state index is 12.1. The molecule has 1 amide bonds. The second-order valence-corrected chi connectivity index (χ2v) is 5.06. The van der Waals surface area contributed by atoms with Crippen molar-refractivity contribution in [3.8, 4) is 0 Å². The molecule has 5 heteroatoms. The summed E-state index contributed by atoms with van der Waals surface area (Å²) < 4.78 is 0.896. The van der Waals surface area contributed by atoms with Crippen molar-refractivity contribution in [2.45, 2.75) is 12.8 Å². The predicted octanol–water partition coefficient (Wildman–Crippen LogP) is 2.83. The fourth-order valence-corrected chi connectivity index (χ4v) is 1.89. The van der Waals surface area contributed by atoms with E-state index >= 15 is 0 Å². The van der Waals surface area contributed by atoms with Crippen LogP contribution in [-0.4, -0.2) is 22.9 Å². The molecule has 2 aromatic rings. The number of carbonyl (C=O) groups is 1. The van der Waals surface area contributed by atoms with Gasteiger partial charge in [0.05, 0.1) is 0 Å². The molecule has 0 saturated heterocycles. The lowest BCUT2D eigenvalue weighted by Crippen LogP contribution is -2.27. The highest BCUT2D eigenvalue weighted by Gasteiger charge is 2.11. The lowest BCUT2D eigenvalue weighted by atomic mass is 10.1. The monoisotopic (exact) mass is 319 g/mol. The average Bonchev–Trinajstić information content (AvgIpc) is 2.46. The summed E-state index contributed by atoms with van der Waals surface area (Å²) in [7, 11) is 1.74. The standard InChI is InChI=1S/C14H14BrN3O/c1-18(13-6-5-12(15)10-17-13)14(19)7-4-11-3-2-8-16-9-11/h2-3,5-6,8-10H,4,7H2,1H3. The van der Waals surface area contributed by atoms with E-state index in [-0.39, 0.29) is 5.91 Å². The Morgan fingerprint density at radius 3 is 2.79 bits per heavy atom. The molecule has 0 aromatic carbocycles. The van der Waals surface area contributed by atoms with Gasteiger partial charge >= 0.3 is 0 Å². The van der Waals surface area contributed by atoms with Crippen molar-refractivity contribution in [1.29, 1.82) is 0 Å². The van der Waals surface area contributed by atoms with E-state index in [1.165, 1.54) is 0 Å². The zero-order valence-corrected chi connectivity index (χ0v) is 12.2. The molecular formula is C14H14BrN3O. The van der Waals surface area contributed by atoms with Crippen LogP contribution in [0.2, 0.25) is 0 Å². The molecule has 0 unspecified atom stereocenters. The fraction of sp³-hybridized carbons (Fsp3) is 0.214. The minimum atomic E-state index is 0.0404. The van der Waals surface area contributed by atoms with Crippen molar-refractivity contribution < 1.29 is 4.79 Å². The van der Waals surface area contributed by atoms with Crippen molar-refractivity contribution in [3.05, 3.63) is 52.9 Å². The van der Waals surface area contributed by atoms with Crippen LogP contribution in [0.3, 0.4) is 0 Å². The Balaban J connectivity index is 1.94. The van der Waals surface area contributed by atoms with E-state index in [1.54, 1.807) is 30.5 Å². The third kappa shape index (κ3) is 3.86. The number of amides is 1. The zero-order valence-electron chi connectivity index (χ0n) is 10.6. The van der Waals surface area contributed by atoms with Gasteiger partial charge in [0.1, 0.15) is 5.82 Å². The van der Waals surface area contributed by atoms with Crippen LogP contribution in [0.4, 0.5) is 5.82 Å². The Morgan fingerprint density at radius 2 is 2.16 bits per heavy atom. The summed E-state index contributed by atoms with van der Waals surface area (Å²) in [6.07, 6.45) is 6.32. The molecular weight excluding hydrogens is 306 g/mol. The Kier molecular flexibility index (Phi) is 4.63. The highest BCUT2D eigenvalue weighted by Crippen LogP contribution is 2.14. The van der Waals surface area contributed by atoms with Crippen molar-refractivity contribution in [3.63, 3.8) is 0 Å². The minimum absolute atomic E-state index is 0.0404. The van der Waals surface area contributed by atoms with Gasteiger partial charge in [-0.2, -0.15) is 0 Å². The fourth-order valence-electron chi connectivity index (χ4n) is 1.66. The Bertz CT molecular complexity index is 542. The molecule has 0 saturated carbocycles. The van der Waals surface area contributed by atoms with E-state index in [0.717, 1.165) is 10.0 Å². The van der Waals surface area contributed by atoms with E-state index in [0.29, 0.717) is 18.7 Å². The molecule has 0 radical (unpaired) electrons. The molecule has 2 rings (SSSR count). The highest BCUT2D eigenvalue weighted by atomic mass is 79.9. The van der Waals surface area contributed by atoms with Crippen LogP contribution >= 0.6 is 15.9 Å². The third-order valence-corrected chi connectivity index (χ3v) is 3.25. The van der Waals surface area contributed by atoms with E-state index in [1.807, 2.05) is 24.3 Å². The molecule has 0 N–H and O–H groups in total. The van der Waals surface area contributed by atoms with Gasteiger partial charge in [0.15, 0.2) is 0 Å². The SMILES string of the molecule is CN(C(=O)CCc1cccnc1)c1ccc(Br)cn1. The molecule has 4 nitrogen and oxygen atoms in total. The molecule has 98 valence electrons. The van der Waals surface area contributed by atoms with Crippen LogP contribution in [-0.2, 0) is 11.2 Å². The number of aryl methyl sites for hydroxylation is 1. The van der Waals surface area contributed by atoms with Gasteiger partial charge in [-0.05, 0) is 46.1 Å². The second-order valence-electron chi connectivity index (χ2n) is 4.15. The maximum Gasteiger partial charge on any atom is 0.228 e. The van der Waals surface area contributed by atoms with Crippen LogP contribution in [0.15, 0.2) is 47.3 Å². The summed E-state index contributed by atoms with van der Waals surface area (Å²) in [5.41, 5.74) is 1.06. The van der Waals surface area contributed by atoms with E-state index < -0.39 is 0 Å². The molecule has 2 aromatic heterocycles. The van der Waals surface area contributed by atoms with Crippen molar-refractivity contribution >= 4 is 27.7 Å². The highest BCUT2D eigenvalue weighted by molar-refractivity contribution is 9.10. The number of hydrogen-bond donors (Lipinski definition) is 0. The van der Waals surface area contributed by atoms with Gasteiger partial charge in [-0.15, -0.1) is 0 Å². The number of carbonyl (C=O) groups excluding carboxylic acids is 1. The summed E-state index contributed by atoms with van der Waals surface area (Å²) in [5, 5.41) is 0. The van der Waals surface area contributed by atoms with E-state index in [9.17, 15) is 4.79 Å². The summed E-state index contributed by atoms with van der Waals surface area (Å²) in [4.78, 5) is 21.9. The van der Waals surface area contributed by atoms with Gasteiger partial charge in [-0.1, -0.05) is 6.07 Å². The van der Waals surface area contributed by atoms with Crippen molar-refractivity contribution in [2.75, 3.05) is 11.9 Å². The number of halogens is 1. The zero-order chi connectivity index (χ0) is 13.7. The number of anilines is 1. The molecule has 0 aliphatic heterocycles. The van der Waals surface area contributed by atoms with Gasteiger partial charge < -0.3 is 0 Å². The van der Waals surface area contributed by atoms with Crippen molar-refractivity contribution in [2.24, 2.45) is 0 Å². The first-order valence-electron chi connectivity index (χ1n) is 5.94. The second kappa shape index (κ2) is 6.43. The lowest BCUT2D eigenvalue weighted by molar-refractivity contribution is -0.118. The van der Waals surface area contributed by atoms with Gasteiger partial charge in [-0.25, -0.2) is 4.98 Å². The quantitative estimate of drug-likeness (QED) is 0.870. The topological polar surface area (TPSA) is 46.1 Å². The Morgan fingerprint density at radius 1 is 1.32 bits per heavy atom. The number of pyridine rings is 2. The first-order valence-corrected chi connectivity index (χ1v) is 6.73. The van der Waals surface area contributed by atoms with Gasteiger partial charge in [0.25, 0.3) is 0 Å². The van der Waals surface area contributed by atoms with Gasteiger partial charge in [0, 0.05) is 36.5 Å². The van der Waals surface area contributed by atoms with Crippen LogP contribution < -0.4 is 4.90 Å². The summed E-state index contributed by atoms with van der Waals surface area (Å²) in [6, 6.07) is 7.53. The molecule has 0 aliphatic rings. The number of hydrogen-bond acceptors (Lipinski definition) is 3. The molecule has 0 fully saturated rings. The predicted molar refractivity (Wildman–Crippen MR) is 77.9 cm³/mol. The van der Waals surface area contributed by atoms with E-state index in [2.05, 4.69) is 25.9 Å². The number of nitrogens with zero attached hydrogens (tertiary/aromatic N) is 3. The average molecular weight is 320 g/mol. The first-order chi connectivity index (χ1) is 9.16. The molecule has 0 aliphatic carbocycles. The minimum Gasteiger partial charge on any atom is -0.300 e. The summed E-state index contributed by atoms with van der Waals surface area (Å²) >= 11 is 3.32. The molecule has 2 heterocycles. The molecule has 0 atom stereocenters. The van der Waals surface area contributed by atoms with Gasteiger partial charge in [0.2, 0.25) is 5.91 Å². The smallest absolute Gasteiger partial charge is 0.228 e. The molecule has 0 spiro atoms.